The summed E-state index contributed by atoms with van der Waals surface area (Å²) in [6.45, 7) is 6.80. The zero-order valence-corrected chi connectivity index (χ0v) is 44.8. The molecule has 0 bridgehead atoms. The second kappa shape index (κ2) is 67.9. The van der Waals surface area contributed by atoms with Gasteiger partial charge in [0.1, 0.15) is 0 Å². The van der Waals surface area contributed by atoms with Crippen LogP contribution in [0.3, 0.4) is 0 Å². The molecule has 0 saturated carbocycles. The quantitative estimate of drug-likeness (QED) is 0.0443. The molecule has 0 aliphatic heterocycles. The predicted molar refractivity (Wildman–Crippen MR) is 259 cm³/mol. The van der Waals surface area contributed by atoms with Crippen molar-refractivity contribution in [1.29, 1.82) is 0 Å². The Balaban J connectivity index is -0.000000258. The smallest absolute Gasteiger partial charge is 0.550 e. The van der Waals surface area contributed by atoms with Gasteiger partial charge in [-0.1, -0.05) is 290 Å². The number of carboxylic acids is 3. The van der Waals surface area contributed by atoms with Crippen molar-refractivity contribution in [2.75, 3.05) is 0 Å². The minimum atomic E-state index is -0.903. The molecule has 0 N–H and O–H groups in total. The number of rotatable bonds is 48. The van der Waals surface area contributed by atoms with E-state index in [-0.39, 0.29) is 75.9 Å². The van der Waals surface area contributed by atoms with E-state index >= 15 is 0 Å². The number of unbranched alkanes of at least 4 members (excludes halogenated alkanes) is 42. The molecule has 0 fully saturated rings. The van der Waals surface area contributed by atoms with Crippen LogP contribution in [0.1, 0.15) is 329 Å². The maximum absolute atomic E-state index is 10.2. The Morgan fingerprint density at radius 3 is 0.419 bits per heavy atom. The predicted octanol–water partition coefficient (Wildman–Crippen LogP) is 11.6. The fourth-order valence-electron chi connectivity index (χ4n) is 7.92. The Morgan fingerprint density at radius 2 is 0.323 bits per heavy atom. The van der Waals surface area contributed by atoms with Gasteiger partial charge in [-0.2, -0.15) is 0 Å². The van der Waals surface area contributed by atoms with E-state index in [4.69, 9.17) is 0 Å². The van der Waals surface area contributed by atoms with Crippen molar-refractivity contribution in [2.24, 2.45) is 0 Å². The summed E-state index contributed by atoms with van der Waals surface area (Å²) >= 11 is 0. The number of carboxylic acid groups (broad SMARTS) is 3. The van der Waals surface area contributed by atoms with E-state index in [2.05, 4.69) is 20.8 Å². The van der Waals surface area contributed by atoms with Crippen molar-refractivity contribution >= 4 is 55.6 Å². The largest absolute Gasteiger partial charge is 2.00 e. The van der Waals surface area contributed by atoms with Gasteiger partial charge in [0.25, 0.3) is 0 Å². The van der Waals surface area contributed by atoms with E-state index in [0.29, 0.717) is 0 Å². The Hall–Kier alpha value is 0.267. The number of hydrogen-bond acceptors (Lipinski definition) is 6. The number of hydrogen-bond donors (Lipinski definition) is 0. The number of carbonyl (C=O) groups excluding carboxylic acids is 3. The van der Waals surface area contributed by atoms with Crippen LogP contribution in [-0.4, -0.2) is 55.6 Å². The average Bonchev–Trinajstić information content (AvgIpc) is 3.22. The molecule has 0 amide bonds. The van der Waals surface area contributed by atoms with Gasteiger partial charge in [0, 0.05) is 17.9 Å². The van der Waals surface area contributed by atoms with Crippen LogP contribution < -0.4 is 34.2 Å². The van der Waals surface area contributed by atoms with Gasteiger partial charge < -0.3 is 29.7 Å². The Bertz CT molecular complexity index is 724. The zero-order chi connectivity index (χ0) is 44.7. The van der Waals surface area contributed by atoms with Gasteiger partial charge in [0.15, 0.2) is 0 Å². The Labute approximate surface area is 429 Å². The monoisotopic (exact) mass is 897 g/mol. The standard InChI is InChI=1S/3C18H36O2.Ca.Li/c3*1-2-3-4-5-6-7-8-9-10-11-12-13-14-15-16-17-18(19)20;;/h3*2-17H2,1H3,(H,19,20);;/q;;;+2;+1/p-3. The van der Waals surface area contributed by atoms with Gasteiger partial charge in [-0.15, -0.1) is 0 Å². The molecule has 0 heterocycles. The summed E-state index contributed by atoms with van der Waals surface area (Å²) in [5.74, 6) is -2.71. The second-order valence-corrected chi connectivity index (χ2v) is 18.2. The molecule has 360 valence electrons. The first-order valence-electron chi connectivity index (χ1n) is 26.9. The van der Waals surface area contributed by atoms with Crippen molar-refractivity contribution in [2.45, 2.75) is 329 Å². The minimum absolute atomic E-state index is 0. The summed E-state index contributed by atoms with van der Waals surface area (Å²) < 4.78 is 0. The van der Waals surface area contributed by atoms with Gasteiger partial charge in [-0.05, 0) is 38.5 Å². The molecule has 6 nitrogen and oxygen atoms in total. The summed E-state index contributed by atoms with van der Waals surface area (Å²) in [5, 5.41) is 30.7. The van der Waals surface area contributed by atoms with Crippen molar-refractivity contribution in [1.82, 2.24) is 0 Å². The molecule has 0 spiro atoms. The summed E-state index contributed by atoms with van der Waals surface area (Å²) in [5.41, 5.74) is 0. The zero-order valence-electron chi connectivity index (χ0n) is 42.6. The number of carbonyl (C=O) groups is 3. The summed E-state index contributed by atoms with van der Waals surface area (Å²) in [7, 11) is 0. The van der Waals surface area contributed by atoms with Crippen LogP contribution in [0, 0.1) is 0 Å². The second-order valence-electron chi connectivity index (χ2n) is 18.2. The first-order chi connectivity index (χ1) is 29.3. The molecule has 0 aromatic rings. The van der Waals surface area contributed by atoms with Crippen LogP contribution in [0.25, 0.3) is 0 Å². The van der Waals surface area contributed by atoms with Crippen molar-refractivity contribution < 1.29 is 48.6 Å². The summed E-state index contributed by atoms with van der Waals surface area (Å²) in [6.07, 6.45) is 59.6. The molecule has 0 aliphatic rings. The first-order valence-corrected chi connectivity index (χ1v) is 26.9. The fraction of sp³-hybridized carbons (Fsp3) is 0.944. The van der Waals surface area contributed by atoms with Gasteiger partial charge in [0.05, 0.1) is 0 Å². The molecule has 8 heteroatoms. The molecule has 0 radical (unpaired) electrons. The van der Waals surface area contributed by atoms with Crippen LogP contribution in [0.15, 0.2) is 0 Å². The fourth-order valence-corrected chi connectivity index (χ4v) is 7.92. The molecule has 0 atom stereocenters. The molecule has 0 rings (SSSR count). The van der Waals surface area contributed by atoms with Crippen LogP contribution in [-0.2, 0) is 14.4 Å². The van der Waals surface area contributed by atoms with E-state index in [1.807, 2.05) is 0 Å². The van der Waals surface area contributed by atoms with E-state index in [9.17, 15) is 29.7 Å². The van der Waals surface area contributed by atoms with Gasteiger partial charge in [-0.25, -0.2) is 0 Å². The Morgan fingerprint density at radius 1 is 0.226 bits per heavy atom. The van der Waals surface area contributed by atoms with E-state index < -0.39 is 17.9 Å². The van der Waals surface area contributed by atoms with Crippen LogP contribution in [0.2, 0.25) is 0 Å². The maximum atomic E-state index is 10.2. The third kappa shape index (κ3) is 80.5. The van der Waals surface area contributed by atoms with Crippen LogP contribution >= 0.6 is 0 Å². The van der Waals surface area contributed by atoms with Crippen molar-refractivity contribution in [3.8, 4) is 0 Å². The van der Waals surface area contributed by atoms with Crippen LogP contribution in [0.5, 0.6) is 0 Å². The van der Waals surface area contributed by atoms with Crippen molar-refractivity contribution in [3.63, 3.8) is 0 Å². The maximum Gasteiger partial charge on any atom is 2.00 e. The normalized spacial score (nSPS) is 10.5. The molecule has 0 aromatic carbocycles. The Kier molecular flexibility index (Phi) is 78.0. The SMILES string of the molecule is CCCCCCCCCCCCCCCCCC(=O)[O-].CCCCCCCCCCCCCCCCCC(=O)[O-].CCCCCCCCCCCCCCCCCC(=O)[O-].[Ca+2].[Li+]. The third-order valence-electron chi connectivity index (χ3n) is 12.0. The molecule has 0 unspecified atom stereocenters. The molecule has 62 heavy (non-hydrogen) atoms. The average molecular weight is 897 g/mol. The molecule has 0 aliphatic carbocycles. The molecule has 0 aromatic heterocycles. The van der Waals surface area contributed by atoms with Gasteiger partial charge in [0.2, 0.25) is 0 Å². The van der Waals surface area contributed by atoms with Gasteiger partial charge in [-0.3, -0.25) is 0 Å². The molecular weight excluding hydrogens is 792 g/mol. The van der Waals surface area contributed by atoms with E-state index in [0.717, 1.165) is 38.5 Å². The third-order valence-corrected chi connectivity index (χ3v) is 12.0. The molecular formula is C54H105CaLiO6. The number of aliphatic carboxylic acids is 3. The van der Waals surface area contributed by atoms with Gasteiger partial charge >= 0.3 is 56.6 Å². The first kappa shape index (κ1) is 71.3. The molecule has 0 saturated heterocycles. The van der Waals surface area contributed by atoms with Crippen LogP contribution in [0.4, 0.5) is 0 Å². The summed E-state index contributed by atoms with van der Waals surface area (Å²) in [4.78, 5) is 30.7. The van der Waals surface area contributed by atoms with E-state index in [1.165, 1.54) is 250 Å². The van der Waals surface area contributed by atoms with E-state index in [1.54, 1.807) is 0 Å². The summed E-state index contributed by atoms with van der Waals surface area (Å²) in [6, 6.07) is 0. The minimum Gasteiger partial charge on any atom is -0.550 e. The topological polar surface area (TPSA) is 120 Å². The van der Waals surface area contributed by atoms with Crippen molar-refractivity contribution in [3.05, 3.63) is 0 Å².